The van der Waals surface area contributed by atoms with Crippen LogP contribution in [-0.4, -0.2) is 13.7 Å². The molecule has 2 nitrogen and oxygen atoms in total. The number of rotatable bonds is 10. The van der Waals surface area contributed by atoms with Gasteiger partial charge in [-0.15, -0.1) is 0 Å². The molecule has 0 aliphatic carbocycles. The number of hydrogen-bond donors (Lipinski definition) is 1. The van der Waals surface area contributed by atoms with Gasteiger partial charge >= 0.3 is 0 Å². The molecule has 0 aliphatic heterocycles. The van der Waals surface area contributed by atoms with Crippen LogP contribution in [0.5, 0.6) is 5.75 Å². The average molecular weight is 281 g/mol. The lowest BCUT2D eigenvalue weighted by Gasteiger charge is -2.15. The molecule has 0 fully saturated rings. The van der Waals surface area contributed by atoms with Crippen molar-refractivity contribution in [3.05, 3.63) is 29.6 Å². The Morgan fingerprint density at radius 1 is 1.15 bits per heavy atom. The van der Waals surface area contributed by atoms with Gasteiger partial charge in [-0.2, -0.15) is 0 Å². The molecule has 0 bridgehead atoms. The van der Waals surface area contributed by atoms with E-state index in [9.17, 15) is 4.39 Å². The maximum Gasteiger partial charge on any atom is 0.165 e. The third-order valence-electron chi connectivity index (χ3n) is 3.66. The van der Waals surface area contributed by atoms with Crippen molar-refractivity contribution in [1.82, 2.24) is 5.32 Å². The molecule has 1 N–H and O–H groups in total. The van der Waals surface area contributed by atoms with Crippen LogP contribution in [0.25, 0.3) is 0 Å². The first-order chi connectivity index (χ1) is 9.69. The molecule has 1 atom stereocenters. The fourth-order valence-electron chi connectivity index (χ4n) is 2.29. The molecule has 0 aliphatic rings. The minimum absolute atomic E-state index is 0.222. The molecule has 0 saturated heterocycles. The predicted molar refractivity (Wildman–Crippen MR) is 82.7 cm³/mol. The number of methoxy groups -OCH3 is 1. The zero-order chi connectivity index (χ0) is 14.8. The van der Waals surface area contributed by atoms with Crippen molar-refractivity contribution < 1.29 is 9.13 Å². The summed E-state index contributed by atoms with van der Waals surface area (Å²) in [5, 5.41) is 3.48. The van der Waals surface area contributed by atoms with Crippen LogP contribution in [0.1, 0.15) is 64.0 Å². The second-order valence-corrected chi connectivity index (χ2v) is 5.34. The molecule has 0 radical (unpaired) electrons. The van der Waals surface area contributed by atoms with Crippen molar-refractivity contribution >= 4 is 0 Å². The van der Waals surface area contributed by atoms with E-state index in [1.54, 1.807) is 6.07 Å². The topological polar surface area (TPSA) is 21.3 Å². The number of halogens is 1. The van der Waals surface area contributed by atoms with Gasteiger partial charge < -0.3 is 10.1 Å². The van der Waals surface area contributed by atoms with Crippen LogP contribution in [-0.2, 0) is 0 Å². The largest absolute Gasteiger partial charge is 0.494 e. The van der Waals surface area contributed by atoms with E-state index in [1.807, 2.05) is 6.07 Å². The zero-order valence-electron chi connectivity index (χ0n) is 13.0. The number of unbranched alkanes of at least 4 members (excludes halogenated alkanes) is 5. The van der Waals surface area contributed by atoms with E-state index in [4.69, 9.17) is 4.74 Å². The Kier molecular flexibility index (Phi) is 8.28. The minimum Gasteiger partial charge on any atom is -0.494 e. The van der Waals surface area contributed by atoms with Gasteiger partial charge in [0.25, 0.3) is 0 Å². The second-order valence-electron chi connectivity index (χ2n) is 5.34. The van der Waals surface area contributed by atoms with Gasteiger partial charge in [0.1, 0.15) is 0 Å². The maximum atomic E-state index is 13.3. The van der Waals surface area contributed by atoms with Gasteiger partial charge in [0.05, 0.1) is 7.11 Å². The number of nitrogens with one attached hydrogen (secondary N) is 1. The summed E-state index contributed by atoms with van der Waals surface area (Å²) in [4.78, 5) is 0. The highest BCUT2D eigenvalue weighted by atomic mass is 19.1. The van der Waals surface area contributed by atoms with E-state index in [2.05, 4.69) is 19.2 Å². The van der Waals surface area contributed by atoms with Crippen LogP contribution < -0.4 is 10.1 Å². The third kappa shape index (κ3) is 5.91. The van der Waals surface area contributed by atoms with Crippen LogP contribution >= 0.6 is 0 Å². The molecule has 114 valence electrons. The predicted octanol–water partition coefficient (Wildman–Crippen LogP) is 4.85. The quantitative estimate of drug-likeness (QED) is 0.619. The normalized spacial score (nSPS) is 12.4. The molecule has 1 rings (SSSR count). The molecule has 20 heavy (non-hydrogen) atoms. The molecular formula is C17H28FNO. The lowest BCUT2D eigenvalue weighted by atomic mass is 10.1. The van der Waals surface area contributed by atoms with Crippen molar-refractivity contribution in [1.29, 1.82) is 0 Å². The van der Waals surface area contributed by atoms with Gasteiger partial charge in [-0.25, -0.2) is 4.39 Å². The number of ether oxygens (including phenoxy) is 1. The number of benzene rings is 1. The first kappa shape index (κ1) is 17.0. The van der Waals surface area contributed by atoms with E-state index in [0.717, 1.165) is 12.1 Å². The standard InChI is InChI=1S/C17H28FNO/c1-4-5-6-7-8-9-12-19-14(2)15-10-11-16(18)17(13-15)20-3/h10-11,13-14,19H,4-9,12H2,1-3H3. The van der Waals surface area contributed by atoms with E-state index >= 15 is 0 Å². The van der Waals surface area contributed by atoms with Crippen molar-refractivity contribution in [2.24, 2.45) is 0 Å². The van der Waals surface area contributed by atoms with Crippen LogP contribution in [0.4, 0.5) is 4.39 Å². The third-order valence-corrected chi connectivity index (χ3v) is 3.66. The van der Waals surface area contributed by atoms with E-state index in [0.29, 0.717) is 5.75 Å². The highest BCUT2D eigenvalue weighted by Gasteiger charge is 2.08. The van der Waals surface area contributed by atoms with E-state index in [-0.39, 0.29) is 11.9 Å². The van der Waals surface area contributed by atoms with Gasteiger partial charge in [-0.05, 0) is 37.6 Å². The monoisotopic (exact) mass is 281 g/mol. The summed E-state index contributed by atoms with van der Waals surface area (Å²) in [6.07, 6.45) is 7.80. The zero-order valence-corrected chi connectivity index (χ0v) is 13.0. The minimum atomic E-state index is -0.306. The lowest BCUT2D eigenvalue weighted by molar-refractivity contribution is 0.385. The van der Waals surface area contributed by atoms with E-state index in [1.165, 1.54) is 51.7 Å². The summed E-state index contributed by atoms with van der Waals surface area (Å²) in [5.74, 6) is 0.00934. The summed E-state index contributed by atoms with van der Waals surface area (Å²) in [7, 11) is 1.50. The summed E-state index contributed by atoms with van der Waals surface area (Å²) in [6.45, 7) is 5.34. The Balaban J connectivity index is 2.27. The molecule has 1 unspecified atom stereocenters. The molecule has 1 aromatic carbocycles. The van der Waals surface area contributed by atoms with Crippen molar-refractivity contribution in [2.75, 3.05) is 13.7 Å². The first-order valence-corrected chi connectivity index (χ1v) is 7.75. The van der Waals surface area contributed by atoms with Gasteiger partial charge in [0.15, 0.2) is 11.6 Å². The molecular weight excluding hydrogens is 253 g/mol. The highest BCUT2D eigenvalue weighted by Crippen LogP contribution is 2.22. The van der Waals surface area contributed by atoms with Crippen molar-refractivity contribution in [2.45, 2.75) is 58.4 Å². The average Bonchev–Trinajstić information content (AvgIpc) is 2.46. The van der Waals surface area contributed by atoms with Crippen molar-refractivity contribution in [3.8, 4) is 5.75 Å². The molecule has 0 saturated carbocycles. The molecule has 0 aromatic heterocycles. The van der Waals surface area contributed by atoms with E-state index < -0.39 is 0 Å². The molecule has 0 spiro atoms. The van der Waals surface area contributed by atoms with Crippen LogP contribution in [0.3, 0.4) is 0 Å². The second kappa shape index (κ2) is 9.76. The van der Waals surface area contributed by atoms with Crippen LogP contribution in [0.15, 0.2) is 18.2 Å². The van der Waals surface area contributed by atoms with Crippen LogP contribution in [0.2, 0.25) is 0 Å². The smallest absolute Gasteiger partial charge is 0.165 e. The highest BCUT2D eigenvalue weighted by molar-refractivity contribution is 5.31. The fraction of sp³-hybridized carbons (Fsp3) is 0.647. The molecule has 0 amide bonds. The lowest BCUT2D eigenvalue weighted by Crippen LogP contribution is -2.19. The van der Waals surface area contributed by atoms with Gasteiger partial charge in [-0.3, -0.25) is 0 Å². The van der Waals surface area contributed by atoms with Gasteiger partial charge in [-0.1, -0.05) is 45.1 Å². The summed E-state index contributed by atoms with van der Waals surface area (Å²) < 4.78 is 18.4. The van der Waals surface area contributed by atoms with Crippen molar-refractivity contribution in [3.63, 3.8) is 0 Å². The Bertz CT molecular complexity index is 381. The maximum absolute atomic E-state index is 13.3. The Morgan fingerprint density at radius 2 is 1.85 bits per heavy atom. The SMILES string of the molecule is CCCCCCCCNC(C)c1ccc(F)c(OC)c1. The summed E-state index contributed by atoms with van der Waals surface area (Å²) >= 11 is 0. The van der Waals surface area contributed by atoms with Crippen LogP contribution in [0, 0.1) is 5.82 Å². The first-order valence-electron chi connectivity index (χ1n) is 7.75. The number of hydrogen-bond acceptors (Lipinski definition) is 2. The Hall–Kier alpha value is -1.09. The molecule has 1 aromatic rings. The van der Waals surface area contributed by atoms with Gasteiger partial charge in [0.2, 0.25) is 0 Å². The Labute approximate surface area is 122 Å². The van der Waals surface area contributed by atoms with Gasteiger partial charge in [0, 0.05) is 6.04 Å². The fourth-order valence-corrected chi connectivity index (χ4v) is 2.29. The Morgan fingerprint density at radius 3 is 2.55 bits per heavy atom. The summed E-state index contributed by atoms with van der Waals surface area (Å²) in [5.41, 5.74) is 1.06. The molecule has 3 heteroatoms. The summed E-state index contributed by atoms with van der Waals surface area (Å²) in [6, 6.07) is 5.28. The molecule has 0 heterocycles.